The molecule has 3 aliphatic rings. The Morgan fingerprint density at radius 3 is 2.55 bits per heavy atom. The highest BCUT2D eigenvalue weighted by molar-refractivity contribution is 5.87. The lowest BCUT2D eigenvalue weighted by Crippen LogP contribution is -2.46. The Balaban J connectivity index is 0.00000147. The molecule has 3 rings (SSSR count). The fraction of sp³-hybridized carbons (Fsp3) is 0.857. The minimum atomic E-state index is -0.0955. The van der Waals surface area contributed by atoms with Gasteiger partial charge in [0, 0.05) is 12.1 Å². The van der Waals surface area contributed by atoms with E-state index in [2.05, 4.69) is 16.0 Å². The molecule has 3 unspecified atom stereocenters. The maximum absolute atomic E-state index is 12.0. The van der Waals surface area contributed by atoms with E-state index in [0.29, 0.717) is 18.0 Å². The normalized spacial score (nSPS) is 31.9. The third kappa shape index (κ3) is 3.85. The van der Waals surface area contributed by atoms with E-state index in [0.717, 1.165) is 19.3 Å². The first-order chi connectivity index (χ1) is 9.22. The summed E-state index contributed by atoms with van der Waals surface area (Å²) in [6.07, 6.45) is 8.08. The summed E-state index contributed by atoms with van der Waals surface area (Å²) >= 11 is 0. The molecule has 2 amide bonds. The van der Waals surface area contributed by atoms with Crippen LogP contribution in [-0.2, 0) is 9.59 Å². The number of fused-ring (bicyclic) bond motifs is 1. The molecule has 1 saturated heterocycles. The molecule has 0 spiro atoms. The SMILES string of the molecule is Cl.O=C(CNC(=O)C1CC2CCCCC2N1)NC1CC1. The van der Waals surface area contributed by atoms with Gasteiger partial charge in [-0.2, -0.15) is 0 Å². The average Bonchev–Trinajstić information content (AvgIpc) is 3.10. The van der Waals surface area contributed by atoms with Crippen LogP contribution in [0.25, 0.3) is 0 Å². The van der Waals surface area contributed by atoms with E-state index in [1.807, 2.05) is 0 Å². The van der Waals surface area contributed by atoms with Crippen molar-refractivity contribution in [2.24, 2.45) is 5.92 Å². The van der Waals surface area contributed by atoms with E-state index < -0.39 is 0 Å². The number of carbonyl (C=O) groups is 2. The van der Waals surface area contributed by atoms with Crippen molar-refractivity contribution in [2.75, 3.05) is 6.54 Å². The second-order valence-corrected chi connectivity index (χ2v) is 6.17. The van der Waals surface area contributed by atoms with Crippen molar-refractivity contribution < 1.29 is 9.59 Å². The third-order valence-corrected chi connectivity index (χ3v) is 4.54. The number of hydrogen-bond acceptors (Lipinski definition) is 3. The molecule has 114 valence electrons. The van der Waals surface area contributed by atoms with Crippen LogP contribution in [0.15, 0.2) is 0 Å². The summed E-state index contributed by atoms with van der Waals surface area (Å²) in [6, 6.07) is 0.781. The van der Waals surface area contributed by atoms with Gasteiger partial charge in [-0.25, -0.2) is 0 Å². The van der Waals surface area contributed by atoms with Crippen molar-refractivity contribution in [3.63, 3.8) is 0 Å². The molecule has 0 aromatic rings. The number of carbonyl (C=O) groups excluding carboxylic acids is 2. The first-order valence-electron chi connectivity index (χ1n) is 7.55. The lowest BCUT2D eigenvalue weighted by molar-refractivity contribution is -0.127. The van der Waals surface area contributed by atoms with Crippen LogP contribution in [0.4, 0.5) is 0 Å². The highest BCUT2D eigenvalue weighted by atomic mass is 35.5. The predicted molar refractivity (Wildman–Crippen MR) is 78.7 cm³/mol. The van der Waals surface area contributed by atoms with Gasteiger partial charge in [-0.3, -0.25) is 9.59 Å². The molecule has 1 aliphatic heterocycles. The fourth-order valence-electron chi connectivity index (χ4n) is 3.32. The minimum absolute atomic E-state index is 0. The van der Waals surface area contributed by atoms with Gasteiger partial charge in [0.15, 0.2) is 0 Å². The van der Waals surface area contributed by atoms with Gasteiger partial charge in [-0.05, 0) is 38.0 Å². The zero-order chi connectivity index (χ0) is 13.2. The van der Waals surface area contributed by atoms with Gasteiger partial charge >= 0.3 is 0 Å². The summed E-state index contributed by atoms with van der Waals surface area (Å²) in [4.78, 5) is 23.6. The van der Waals surface area contributed by atoms with Gasteiger partial charge in [-0.15, -0.1) is 12.4 Å². The Kier molecular flexibility index (Phi) is 5.27. The Morgan fingerprint density at radius 2 is 1.85 bits per heavy atom. The van der Waals surface area contributed by atoms with Gasteiger partial charge in [0.05, 0.1) is 12.6 Å². The standard InChI is InChI=1S/C14H23N3O2.ClH/c18-13(16-10-5-6-10)8-15-14(19)12-7-9-3-1-2-4-11(9)17-12;/h9-12,17H,1-8H2,(H,15,19)(H,16,18);1H. The van der Waals surface area contributed by atoms with Crippen molar-refractivity contribution in [3.05, 3.63) is 0 Å². The molecule has 3 fully saturated rings. The molecular formula is C14H24ClN3O2. The molecule has 3 atom stereocenters. The number of nitrogens with one attached hydrogen (secondary N) is 3. The molecule has 0 radical (unpaired) electrons. The summed E-state index contributed by atoms with van der Waals surface area (Å²) < 4.78 is 0. The molecule has 0 aromatic heterocycles. The molecule has 0 bridgehead atoms. The fourth-order valence-corrected chi connectivity index (χ4v) is 3.32. The maximum Gasteiger partial charge on any atom is 0.239 e. The molecule has 3 N–H and O–H groups in total. The van der Waals surface area contributed by atoms with E-state index in [-0.39, 0.29) is 36.8 Å². The zero-order valence-electron chi connectivity index (χ0n) is 11.7. The zero-order valence-corrected chi connectivity index (χ0v) is 12.5. The lowest BCUT2D eigenvalue weighted by atomic mass is 9.85. The molecule has 6 heteroatoms. The Hall–Kier alpha value is -0.810. The van der Waals surface area contributed by atoms with Crippen LogP contribution >= 0.6 is 12.4 Å². The lowest BCUT2D eigenvalue weighted by Gasteiger charge is -2.24. The summed E-state index contributed by atoms with van der Waals surface area (Å²) in [7, 11) is 0. The van der Waals surface area contributed by atoms with Crippen molar-refractivity contribution >= 4 is 24.2 Å². The van der Waals surface area contributed by atoms with Gasteiger partial charge < -0.3 is 16.0 Å². The first-order valence-corrected chi connectivity index (χ1v) is 7.55. The Bertz CT molecular complexity index is 359. The second kappa shape index (κ2) is 6.76. The van der Waals surface area contributed by atoms with Crippen LogP contribution in [0.5, 0.6) is 0 Å². The Labute approximate surface area is 126 Å². The van der Waals surface area contributed by atoms with Crippen LogP contribution in [0, 0.1) is 5.92 Å². The highest BCUT2D eigenvalue weighted by Gasteiger charge is 2.38. The summed E-state index contributed by atoms with van der Waals surface area (Å²) in [6.45, 7) is 0.114. The Morgan fingerprint density at radius 1 is 1.10 bits per heavy atom. The van der Waals surface area contributed by atoms with Crippen LogP contribution < -0.4 is 16.0 Å². The van der Waals surface area contributed by atoms with Crippen molar-refractivity contribution in [1.82, 2.24) is 16.0 Å². The quantitative estimate of drug-likeness (QED) is 0.717. The number of hydrogen-bond donors (Lipinski definition) is 3. The topological polar surface area (TPSA) is 70.2 Å². The van der Waals surface area contributed by atoms with Gasteiger partial charge in [0.2, 0.25) is 11.8 Å². The highest BCUT2D eigenvalue weighted by Crippen LogP contribution is 2.33. The summed E-state index contributed by atoms with van der Waals surface area (Å²) in [5.74, 6) is 0.580. The first kappa shape index (κ1) is 15.6. The van der Waals surface area contributed by atoms with Gasteiger partial charge in [-0.1, -0.05) is 12.8 Å². The molecule has 2 aliphatic carbocycles. The third-order valence-electron chi connectivity index (χ3n) is 4.54. The van der Waals surface area contributed by atoms with E-state index in [4.69, 9.17) is 0 Å². The van der Waals surface area contributed by atoms with Crippen LogP contribution in [-0.4, -0.2) is 36.5 Å². The summed E-state index contributed by atoms with van der Waals surface area (Å²) in [5.41, 5.74) is 0. The van der Waals surface area contributed by atoms with Gasteiger partial charge in [0.25, 0.3) is 0 Å². The van der Waals surface area contributed by atoms with Crippen molar-refractivity contribution in [3.8, 4) is 0 Å². The van der Waals surface area contributed by atoms with Gasteiger partial charge in [0.1, 0.15) is 0 Å². The van der Waals surface area contributed by atoms with E-state index >= 15 is 0 Å². The monoisotopic (exact) mass is 301 g/mol. The van der Waals surface area contributed by atoms with Crippen molar-refractivity contribution in [1.29, 1.82) is 0 Å². The van der Waals surface area contributed by atoms with Crippen LogP contribution in [0.1, 0.15) is 44.9 Å². The minimum Gasteiger partial charge on any atom is -0.352 e. The van der Waals surface area contributed by atoms with E-state index in [1.54, 1.807) is 0 Å². The van der Waals surface area contributed by atoms with E-state index in [9.17, 15) is 9.59 Å². The summed E-state index contributed by atoms with van der Waals surface area (Å²) in [5, 5.41) is 9.06. The number of rotatable bonds is 4. The molecule has 20 heavy (non-hydrogen) atoms. The predicted octanol–water partition coefficient (Wildman–Crippen LogP) is 0.724. The molecule has 0 aromatic carbocycles. The van der Waals surface area contributed by atoms with Crippen LogP contribution in [0.2, 0.25) is 0 Å². The average molecular weight is 302 g/mol. The number of halogens is 1. The molecule has 2 saturated carbocycles. The second-order valence-electron chi connectivity index (χ2n) is 6.17. The van der Waals surface area contributed by atoms with Crippen molar-refractivity contribution in [2.45, 2.75) is 63.1 Å². The number of amides is 2. The van der Waals surface area contributed by atoms with E-state index in [1.165, 1.54) is 25.7 Å². The molecule has 1 heterocycles. The van der Waals surface area contributed by atoms with Crippen LogP contribution in [0.3, 0.4) is 0 Å². The molecule has 5 nitrogen and oxygen atoms in total. The molecular weight excluding hydrogens is 278 g/mol. The maximum atomic E-state index is 12.0. The largest absolute Gasteiger partial charge is 0.352 e. The smallest absolute Gasteiger partial charge is 0.239 e.